The number of aromatic nitrogens is 2. The molecule has 1 aromatic carbocycles. The molecule has 0 radical (unpaired) electrons. The van der Waals surface area contributed by atoms with Crippen LogP contribution in [0.25, 0.3) is 11.1 Å². The van der Waals surface area contributed by atoms with Gasteiger partial charge in [0.1, 0.15) is 18.1 Å². The SMILES string of the molecule is COc1cn(C(C(=O)O)C(c2coc(C)n2)C(C)(C)C)c(=O)cc1-c1cc(Cl)ccc1C#N. The maximum Gasteiger partial charge on any atom is 0.327 e. The first-order chi connectivity index (χ1) is 15.5. The first kappa shape index (κ1) is 24.1. The minimum Gasteiger partial charge on any atom is -0.495 e. The standard InChI is InChI=1S/C24H24ClN3O5/c1-13-27-18(12-33-13)21(24(2,3)4)22(23(30)31)28-11-19(32-5)17(9-20(28)29)16-8-15(25)7-6-14(16)10-26/h6-9,11-12,21-22H,1-5H3,(H,30,31). The largest absolute Gasteiger partial charge is 0.495 e. The van der Waals surface area contributed by atoms with E-state index < -0.39 is 28.9 Å². The second-order valence-electron chi connectivity index (χ2n) is 8.72. The van der Waals surface area contributed by atoms with Gasteiger partial charge >= 0.3 is 5.97 Å². The molecule has 0 saturated heterocycles. The maximum atomic E-state index is 13.3. The van der Waals surface area contributed by atoms with Crippen LogP contribution in [0.4, 0.5) is 0 Å². The van der Waals surface area contributed by atoms with E-state index in [0.717, 1.165) is 4.57 Å². The molecule has 0 saturated carbocycles. The van der Waals surface area contributed by atoms with Crippen LogP contribution in [0.2, 0.25) is 5.02 Å². The van der Waals surface area contributed by atoms with E-state index in [1.807, 2.05) is 20.8 Å². The highest BCUT2D eigenvalue weighted by atomic mass is 35.5. The van der Waals surface area contributed by atoms with Gasteiger partial charge in [0.15, 0.2) is 5.89 Å². The summed E-state index contributed by atoms with van der Waals surface area (Å²) in [4.78, 5) is 30.1. The summed E-state index contributed by atoms with van der Waals surface area (Å²) in [5, 5.41) is 20.1. The molecule has 0 aliphatic rings. The molecule has 0 amide bonds. The van der Waals surface area contributed by atoms with E-state index in [-0.39, 0.29) is 5.75 Å². The van der Waals surface area contributed by atoms with Crippen molar-refractivity contribution in [1.29, 1.82) is 5.26 Å². The second kappa shape index (κ2) is 9.12. The lowest BCUT2D eigenvalue weighted by Crippen LogP contribution is -2.38. The van der Waals surface area contributed by atoms with E-state index in [1.54, 1.807) is 25.1 Å². The van der Waals surface area contributed by atoms with E-state index in [2.05, 4.69) is 11.1 Å². The third-order valence-electron chi connectivity index (χ3n) is 5.41. The number of carboxylic acids is 1. The number of halogens is 1. The molecule has 9 heteroatoms. The number of aliphatic carboxylic acids is 1. The van der Waals surface area contributed by atoms with E-state index in [4.69, 9.17) is 20.8 Å². The van der Waals surface area contributed by atoms with Crippen molar-refractivity contribution in [1.82, 2.24) is 9.55 Å². The van der Waals surface area contributed by atoms with Crippen molar-refractivity contribution in [3.8, 4) is 22.9 Å². The van der Waals surface area contributed by atoms with Crippen molar-refractivity contribution in [2.24, 2.45) is 5.41 Å². The Bertz CT molecular complexity index is 1300. The number of aryl methyl sites for hydroxylation is 1. The number of nitrogens with zero attached hydrogens (tertiary/aromatic N) is 3. The molecule has 2 heterocycles. The van der Waals surface area contributed by atoms with Gasteiger partial charge in [0.05, 0.1) is 30.6 Å². The molecular weight excluding hydrogens is 446 g/mol. The van der Waals surface area contributed by atoms with Crippen LogP contribution in [-0.4, -0.2) is 27.7 Å². The van der Waals surface area contributed by atoms with E-state index in [9.17, 15) is 20.0 Å². The topological polar surface area (TPSA) is 118 Å². The zero-order chi connectivity index (χ0) is 24.5. The Morgan fingerprint density at radius 2 is 2.00 bits per heavy atom. The van der Waals surface area contributed by atoms with Crippen LogP contribution in [0, 0.1) is 23.7 Å². The Labute approximate surface area is 196 Å². The number of rotatable bonds is 6. The quantitative estimate of drug-likeness (QED) is 0.550. The molecule has 3 aromatic rings. The van der Waals surface area contributed by atoms with Gasteiger partial charge in [-0.05, 0) is 23.6 Å². The maximum absolute atomic E-state index is 13.3. The number of methoxy groups -OCH3 is 1. The normalized spacial score (nSPS) is 13.2. The van der Waals surface area contributed by atoms with E-state index >= 15 is 0 Å². The van der Waals surface area contributed by atoms with Crippen molar-refractivity contribution >= 4 is 17.6 Å². The summed E-state index contributed by atoms with van der Waals surface area (Å²) in [6.07, 6.45) is 2.77. The highest BCUT2D eigenvalue weighted by Gasteiger charge is 2.41. The van der Waals surface area contributed by atoms with Crippen LogP contribution < -0.4 is 10.3 Å². The molecule has 0 fully saturated rings. The number of hydrogen-bond acceptors (Lipinski definition) is 6. The van der Waals surface area contributed by atoms with Gasteiger partial charge in [-0.15, -0.1) is 0 Å². The van der Waals surface area contributed by atoms with Crippen LogP contribution >= 0.6 is 11.6 Å². The first-order valence-corrected chi connectivity index (χ1v) is 10.5. The van der Waals surface area contributed by atoms with Crippen molar-refractivity contribution in [2.75, 3.05) is 7.11 Å². The Balaban J connectivity index is 2.27. The average Bonchev–Trinajstić information content (AvgIpc) is 3.16. The number of benzene rings is 1. The molecule has 2 atom stereocenters. The molecule has 0 bridgehead atoms. The molecule has 172 valence electrons. The number of pyridine rings is 1. The minimum absolute atomic E-state index is 0.226. The molecule has 8 nitrogen and oxygen atoms in total. The Hall–Kier alpha value is -3.57. The molecule has 33 heavy (non-hydrogen) atoms. The highest BCUT2D eigenvalue weighted by molar-refractivity contribution is 6.31. The molecule has 1 N–H and O–H groups in total. The van der Waals surface area contributed by atoms with Crippen LogP contribution in [0.15, 0.2) is 45.9 Å². The first-order valence-electron chi connectivity index (χ1n) is 10.1. The van der Waals surface area contributed by atoms with Gasteiger partial charge in [-0.3, -0.25) is 9.36 Å². The third-order valence-corrected chi connectivity index (χ3v) is 5.65. The molecule has 3 rings (SSSR count). The van der Waals surface area contributed by atoms with Gasteiger partial charge < -0.3 is 14.3 Å². The highest BCUT2D eigenvalue weighted by Crippen LogP contribution is 2.43. The number of oxazole rings is 1. The van der Waals surface area contributed by atoms with Crippen LogP contribution in [0.1, 0.15) is 49.9 Å². The molecule has 0 aliphatic heterocycles. The fourth-order valence-corrected chi connectivity index (χ4v) is 4.15. The van der Waals surface area contributed by atoms with Crippen molar-refractivity contribution in [2.45, 2.75) is 39.7 Å². The van der Waals surface area contributed by atoms with E-state index in [1.165, 1.54) is 25.6 Å². The summed E-state index contributed by atoms with van der Waals surface area (Å²) >= 11 is 6.12. The molecular formula is C24H24ClN3O5. The Kier molecular flexibility index (Phi) is 6.65. The van der Waals surface area contributed by atoms with Gasteiger partial charge in [0.2, 0.25) is 0 Å². The monoisotopic (exact) mass is 469 g/mol. The van der Waals surface area contributed by atoms with Gasteiger partial charge in [0.25, 0.3) is 5.56 Å². The fourth-order valence-electron chi connectivity index (χ4n) is 3.98. The lowest BCUT2D eigenvalue weighted by Gasteiger charge is -2.34. The number of carboxylic acid groups (broad SMARTS) is 1. The molecule has 0 aliphatic carbocycles. The second-order valence-corrected chi connectivity index (χ2v) is 9.16. The molecule has 0 spiro atoms. The zero-order valence-corrected chi connectivity index (χ0v) is 19.7. The van der Waals surface area contributed by atoms with Gasteiger partial charge in [-0.25, -0.2) is 9.78 Å². The smallest absolute Gasteiger partial charge is 0.327 e. The lowest BCUT2D eigenvalue weighted by atomic mass is 9.74. The summed E-state index contributed by atoms with van der Waals surface area (Å²) in [6, 6.07) is 6.72. The summed E-state index contributed by atoms with van der Waals surface area (Å²) in [5.41, 5.74) is 0.332. The van der Waals surface area contributed by atoms with E-state index in [0.29, 0.717) is 33.3 Å². The summed E-state index contributed by atoms with van der Waals surface area (Å²) < 4.78 is 12.0. The number of ether oxygens (including phenoxy) is 1. The summed E-state index contributed by atoms with van der Waals surface area (Å²) in [5.74, 6) is -1.27. The minimum atomic E-state index is -1.29. The van der Waals surface area contributed by atoms with Crippen molar-refractivity contribution in [3.63, 3.8) is 0 Å². The number of hydrogen-bond donors (Lipinski definition) is 1. The van der Waals surface area contributed by atoms with Gasteiger partial charge in [-0.1, -0.05) is 32.4 Å². The molecule has 2 unspecified atom stereocenters. The lowest BCUT2D eigenvalue weighted by molar-refractivity contribution is -0.142. The van der Waals surface area contributed by atoms with Crippen LogP contribution in [0.5, 0.6) is 5.75 Å². The Morgan fingerprint density at radius 3 is 2.52 bits per heavy atom. The van der Waals surface area contributed by atoms with Crippen molar-refractivity contribution in [3.05, 3.63) is 69.3 Å². The predicted octanol–water partition coefficient (Wildman–Crippen LogP) is 4.80. The third kappa shape index (κ3) is 4.78. The van der Waals surface area contributed by atoms with Crippen LogP contribution in [-0.2, 0) is 4.79 Å². The zero-order valence-electron chi connectivity index (χ0n) is 18.9. The summed E-state index contributed by atoms with van der Waals surface area (Å²) in [6.45, 7) is 7.29. The number of nitriles is 1. The predicted molar refractivity (Wildman–Crippen MR) is 123 cm³/mol. The Morgan fingerprint density at radius 1 is 1.30 bits per heavy atom. The van der Waals surface area contributed by atoms with Crippen molar-refractivity contribution < 1.29 is 19.1 Å². The fraction of sp³-hybridized carbons (Fsp3) is 0.333. The number of carbonyl (C=O) groups is 1. The van der Waals surface area contributed by atoms with Gasteiger partial charge in [0, 0.05) is 35.1 Å². The van der Waals surface area contributed by atoms with Gasteiger partial charge in [-0.2, -0.15) is 5.26 Å². The molecule has 2 aromatic heterocycles. The average molecular weight is 470 g/mol. The summed E-state index contributed by atoms with van der Waals surface area (Å²) in [7, 11) is 1.41. The van der Waals surface area contributed by atoms with Crippen LogP contribution in [0.3, 0.4) is 0 Å².